The predicted octanol–water partition coefficient (Wildman–Crippen LogP) is 2.57. The summed E-state index contributed by atoms with van der Waals surface area (Å²) in [6, 6.07) is 4.18. The van der Waals surface area contributed by atoms with Crippen LogP contribution in [-0.2, 0) is 19.2 Å². The van der Waals surface area contributed by atoms with Crippen LogP contribution in [0, 0.1) is 17.3 Å². The normalized spacial score (nSPS) is 18.0. The molecule has 1 aliphatic rings. The molecule has 1 aromatic carbocycles. The van der Waals surface area contributed by atoms with E-state index in [1.54, 1.807) is 51.1 Å². The standard InChI is InChI=1S/C31H47N5O6/c1-8-19(4)17-21(25(38)27(32)39)33-28(40)22-15-12-16-36(22)29(41)26(31(5,6)7)35-30(42)34-23(18(2)3)24(37)20-13-10-9-11-14-20/h9-11,13-14,18-19,21-23,26H,8,12,15-17H2,1-7H3,(H2,32,39)(H,33,40)(H2,34,35,42). The van der Waals surface area contributed by atoms with Crippen molar-refractivity contribution in [3.63, 3.8) is 0 Å². The number of nitrogens with two attached hydrogens (primary N) is 1. The quantitative estimate of drug-likeness (QED) is 0.205. The Bertz CT molecular complexity index is 1150. The number of benzene rings is 1. The lowest BCUT2D eigenvalue weighted by atomic mass is 9.85. The van der Waals surface area contributed by atoms with E-state index in [4.69, 9.17) is 5.73 Å². The lowest BCUT2D eigenvalue weighted by molar-refractivity contribution is -0.143. The van der Waals surface area contributed by atoms with Crippen LogP contribution in [0.1, 0.15) is 84.5 Å². The molecule has 2 rings (SSSR count). The molecule has 1 saturated heterocycles. The second kappa shape index (κ2) is 14.9. The van der Waals surface area contributed by atoms with Crippen molar-refractivity contribution in [1.29, 1.82) is 0 Å². The van der Waals surface area contributed by atoms with Gasteiger partial charge in [-0.05, 0) is 36.5 Å². The van der Waals surface area contributed by atoms with E-state index in [-0.39, 0.29) is 30.6 Å². The Labute approximate surface area is 248 Å². The number of hydrogen-bond donors (Lipinski definition) is 4. The lowest BCUT2D eigenvalue weighted by Gasteiger charge is -2.36. The molecule has 5 unspecified atom stereocenters. The SMILES string of the molecule is CCC(C)CC(NC(=O)C1CCCN1C(=O)C(NC(=O)NC(C(=O)c1ccccc1)C(C)C)C(C)(C)C)C(=O)C(N)=O. The van der Waals surface area contributed by atoms with Crippen molar-refractivity contribution in [2.24, 2.45) is 23.0 Å². The molecule has 0 spiro atoms. The van der Waals surface area contributed by atoms with Gasteiger partial charge in [0.05, 0.1) is 12.1 Å². The first kappa shape index (κ1) is 34.4. The molecule has 11 heteroatoms. The minimum absolute atomic E-state index is 0.0522. The van der Waals surface area contributed by atoms with Gasteiger partial charge >= 0.3 is 6.03 Å². The summed E-state index contributed by atoms with van der Waals surface area (Å²) in [5.41, 5.74) is 4.95. The van der Waals surface area contributed by atoms with E-state index in [1.165, 1.54) is 4.90 Å². The number of likely N-dealkylation sites (tertiary alicyclic amines) is 1. The minimum Gasteiger partial charge on any atom is -0.363 e. The number of nitrogens with one attached hydrogen (secondary N) is 3. The highest BCUT2D eigenvalue weighted by Gasteiger charge is 2.43. The van der Waals surface area contributed by atoms with Crippen molar-refractivity contribution in [2.75, 3.05) is 6.54 Å². The van der Waals surface area contributed by atoms with E-state index >= 15 is 0 Å². The van der Waals surface area contributed by atoms with Crippen LogP contribution in [0.3, 0.4) is 0 Å². The number of rotatable bonds is 13. The molecule has 0 bridgehead atoms. The monoisotopic (exact) mass is 585 g/mol. The summed E-state index contributed by atoms with van der Waals surface area (Å²) in [7, 11) is 0. The molecule has 42 heavy (non-hydrogen) atoms. The van der Waals surface area contributed by atoms with Crippen LogP contribution < -0.4 is 21.7 Å². The molecule has 1 aliphatic heterocycles. The average Bonchev–Trinajstić information content (AvgIpc) is 3.43. The zero-order valence-electron chi connectivity index (χ0n) is 25.9. The lowest BCUT2D eigenvalue weighted by Crippen LogP contribution is -2.61. The summed E-state index contributed by atoms with van der Waals surface area (Å²) in [4.78, 5) is 79.0. The number of Topliss-reactive ketones (excluding diaryl/α,β-unsaturated/α-hetero) is 2. The zero-order chi connectivity index (χ0) is 31.8. The van der Waals surface area contributed by atoms with Gasteiger partial charge in [0.1, 0.15) is 12.1 Å². The largest absolute Gasteiger partial charge is 0.363 e. The minimum atomic E-state index is -1.13. The third kappa shape index (κ3) is 9.12. The van der Waals surface area contributed by atoms with E-state index in [0.29, 0.717) is 18.4 Å². The van der Waals surface area contributed by atoms with Crippen molar-refractivity contribution < 1.29 is 28.8 Å². The molecular formula is C31H47N5O6. The first-order valence-corrected chi connectivity index (χ1v) is 14.7. The van der Waals surface area contributed by atoms with Crippen molar-refractivity contribution in [3.8, 4) is 0 Å². The summed E-state index contributed by atoms with van der Waals surface area (Å²) < 4.78 is 0. The number of hydrogen-bond acceptors (Lipinski definition) is 6. The van der Waals surface area contributed by atoms with E-state index in [0.717, 1.165) is 6.42 Å². The number of carbonyl (C=O) groups excluding carboxylic acids is 6. The van der Waals surface area contributed by atoms with Gasteiger partial charge in [-0.2, -0.15) is 0 Å². The topological polar surface area (TPSA) is 168 Å². The highest BCUT2D eigenvalue weighted by Crippen LogP contribution is 2.26. The Morgan fingerprint density at radius 2 is 1.60 bits per heavy atom. The van der Waals surface area contributed by atoms with Gasteiger partial charge in [0.25, 0.3) is 5.91 Å². The van der Waals surface area contributed by atoms with Crippen molar-refractivity contribution >= 4 is 35.3 Å². The number of urea groups is 1. The van der Waals surface area contributed by atoms with Crippen LogP contribution in [0.4, 0.5) is 4.79 Å². The first-order valence-electron chi connectivity index (χ1n) is 14.7. The molecule has 1 heterocycles. The number of ketones is 2. The molecule has 0 radical (unpaired) electrons. The van der Waals surface area contributed by atoms with Crippen molar-refractivity contribution in [1.82, 2.24) is 20.9 Å². The number of primary amides is 1. The molecule has 5 amide bonds. The summed E-state index contributed by atoms with van der Waals surface area (Å²) >= 11 is 0. The molecule has 232 valence electrons. The van der Waals surface area contributed by atoms with E-state index in [9.17, 15) is 28.8 Å². The van der Waals surface area contributed by atoms with Gasteiger partial charge in [-0.3, -0.25) is 24.0 Å². The summed E-state index contributed by atoms with van der Waals surface area (Å²) in [6.07, 6.45) is 1.90. The fourth-order valence-corrected chi connectivity index (χ4v) is 4.99. The van der Waals surface area contributed by atoms with Gasteiger partial charge in [-0.25, -0.2) is 4.79 Å². The molecule has 5 atom stereocenters. The van der Waals surface area contributed by atoms with Crippen molar-refractivity contribution in [3.05, 3.63) is 35.9 Å². The van der Waals surface area contributed by atoms with Crippen LogP contribution in [0.2, 0.25) is 0 Å². The summed E-state index contributed by atoms with van der Waals surface area (Å²) in [5.74, 6) is -3.42. The van der Waals surface area contributed by atoms with Crippen LogP contribution in [0.25, 0.3) is 0 Å². The maximum absolute atomic E-state index is 13.9. The third-order valence-corrected chi connectivity index (χ3v) is 7.73. The van der Waals surface area contributed by atoms with E-state index in [2.05, 4.69) is 16.0 Å². The van der Waals surface area contributed by atoms with Gasteiger partial charge < -0.3 is 26.6 Å². The van der Waals surface area contributed by atoms with Gasteiger partial charge in [-0.15, -0.1) is 0 Å². The second-order valence-electron chi connectivity index (χ2n) is 12.6. The Balaban J connectivity index is 2.22. The highest BCUT2D eigenvalue weighted by molar-refractivity contribution is 6.37. The molecule has 5 N–H and O–H groups in total. The van der Waals surface area contributed by atoms with Crippen LogP contribution in [0.5, 0.6) is 0 Å². The van der Waals surface area contributed by atoms with Gasteiger partial charge in [-0.1, -0.05) is 85.2 Å². The Hall–Kier alpha value is -3.76. The molecule has 0 aromatic heterocycles. The van der Waals surface area contributed by atoms with Gasteiger partial charge in [0.15, 0.2) is 5.78 Å². The highest BCUT2D eigenvalue weighted by atomic mass is 16.2. The van der Waals surface area contributed by atoms with E-state index < -0.39 is 59.1 Å². The van der Waals surface area contributed by atoms with Crippen LogP contribution >= 0.6 is 0 Å². The smallest absolute Gasteiger partial charge is 0.316 e. The average molecular weight is 586 g/mol. The first-order chi connectivity index (χ1) is 19.6. The predicted molar refractivity (Wildman–Crippen MR) is 159 cm³/mol. The maximum Gasteiger partial charge on any atom is 0.316 e. The summed E-state index contributed by atoms with van der Waals surface area (Å²) in [5, 5.41) is 8.15. The van der Waals surface area contributed by atoms with Crippen molar-refractivity contribution in [2.45, 2.75) is 98.3 Å². The fourth-order valence-electron chi connectivity index (χ4n) is 4.99. The third-order valence-electron chi connectivity index (χ3n) is 7.73. The van der Waals surface area contributed by atoms with Gasteiger partial charge in [0, 0.05) is 12.1 Å². The molecule has 1 aromatic rings. The molecule has 11 nitrogen and oxygen atoms in total. The molecular weight excluding hydrogens is 538 g/mol. The summed E-state index contributed by atoms with van der Waals surface area (Å²) in [6.45, 7) is 13.2. The number of amides is 5. The van der Waals surface area contributed by atoms with E-state index in [1.807, 2.05) is 27.7 Å². The number of carbonyl (C=O) groups is 6. The Morgan fingerprint density at radius 3 is 2.12 bits per heavy atom. The number of nitrogens with zero attached hydrogens (tertiary/aromatic N) is 1. The Morgan fingerprint density at radius 1 is 0.976 bits per heavy atom. The maximum atomic E-state index is 13.9. The fraction of sp³-hybridized carbons (Fsp3) is 0.613. The molecule has 0 aliphatic carbocycles. The van der Waals surface area contributed by atoms with Gasteiger partial charge in [0.2, 0.25) is 17.6 Å². The van der Waals surface area contributed by atoms with Crippen LogP contribution in [0.15, 0.2) is 30.3 Å². The second-order valence-corrected chi connectivity index (χ2v) is 12.6. The molecule has 0 saturated carbocycles. The zero-order valence-corrected chi connectivity index (χ0v) is 25.9. The van der Waals surface area contributed by atoms with Crippen LogP contribution in [-0.4, -0.2) is 70.9 Å². The Kier molecular flexibility index (Phi) is 12.2. The molecule has 1 fully saturated rings.